The van der Waals surface area contributed by atoms with Gasteiger partial charge in [0.15, 0.2) is 5.79 Å². The summed E-state index contributed by atoms with van der Waals surface area (Å²) in [6.45, 7) is 5.40. The third-order valence-electron chi connectivity index (χ3n) is 5.24. The van der Waals surface area contributed by atoms with Crippen molar-refractivity contribution in [3.63, 3.8) is 0 Å². The van der Waals surface area contributed by atoms with E-state index in [1.165, 1.54) is 29.5 Å². The van der Waals surface area contributed by atoms with Gasteiger partial charge in [-0.15, -0.1) is 0 Å². The van der Waals surface area contributed by atoms with Crippen LogP contribution >= 0.6 is 0 Å². The average molecular weight is 326 g/mol. The quantitative estimate of drug-likeness (QED) is 0.694. The molecule has 0 radical (unpaired) electrons. The van der Waals surface area contributed by atoms with Crippen LogP contribution in [0.5, 0.6) is 0 Å². The minimum atomic E-state index is -0.458. The SMILES string of the molecule is CCOC1(OCC)CC1c1oc(-c2ccccc2)c2c1CCCC2. The molecule has 2 aromatic rings. The van der Waals surface area contributed by atoms with Crippen molar-refractivity contribution in [3.8, 4) is 11.3 Å². The molecule has 1 unspecified atom stereocenters. The van der Waals surface area contributed by atoms with Crippen LogP contribution in [-0.2, 0) is 22.3 Å². The molecule has 1 fully saturated rings. The van der Waals surface area contributed by atoms with E-state index in [4.69, 9.17) is 13.9 Å². The molecule has 2 aliphatic carbocycles. The van der Waals surface area contributed by atoms with E-state index in [0.29, 0.717) is 13.2 Å². The lowest BCUT2D eigenvalue weighted by Gasteiger charge is -2.18. The molecule has 24 heavy (non-hydrogen) atoms. The Hall–Kier alpha value is -1.58. The lowest BCUT2D eigenvalue weighted by Crippen LogP contribution is -2.21. The Labute approximate surface area is 144 Å². The Bertz CT molecular complexity index is 695. The summed E-state index contributed by atoms with van der Waals surface area (Å²) in [5.74, 6) is 1.96. The van der Waals surface area contributed by atoms with Gasteiger partial charge in [-0.2, -0.15) is 0 Å². The summed E-state index contributed by atoms with van der Waals surface area (Å²) in [6, 6.07) is 10.5. The predicted octanol–water partition coefficient (Wildman–Crippen LogP) is 5.08. The summed E-state index contributed by atoms with van der Waals surface area (Å²) >= 11 is 0. The molecule has 1 atom stereocenters. The standard InChI is InChI=1S/C21H26O3/c1-3-22-21(23-4-2)14-18(21)20-17-13-9-8-12-16(17)19(24-20)15-10-6-5-7-11-15/h5-7,10-11,18H,3-4,8-9,12-14H2,1-2H3. The van der Waals surface area contributed by atoms with Crippen LogP contribution in [0.25, 0.3) is 11.3 Å². The van der Waals surface area contributed by atoms with Gasteiger partial charge in [0, 0.05) is 30.8 Å². The second kappa shape index (κ2) is 6.38. The number of ether oxygens (including phenoxy) is 2. The van der Waals surface area contributed by atoms with Crippen LogP contribution in [-0.4, -0.2) is 19.0 Å². The Morgan fingerprint density at radius 3 is 2.33 bits per heavy atom. The van der Waals surface area contributed by atoms with Gasteiger partial charge in [0.2, 0.25) is 0 Å². The van der Waals surface area contributed by atoms with Crippen molar-refractivity contribution in [3.05, 3.63) is 47.2 Å². The summed E-state index contributed by atoms with van der Waals surface area (Å²) in [5, 5.41) is 0. The molecule has 0 N–H and O–H groups in total. The Morgan fingerprint density at radius 1 is 1.00 bits per heavy atom. The molecule has 1 aromatic heterocycles. The molecule has 1 heterocycles. The fourth-order valence-electron chi connectivity index (χ4n) is 4.13. The summed E-state index contributed by atoms with van der Waals surface area (Å²) < 4.78 is 18.4. The maximum Gasteiger partial charge on any atom is 0.179 e. The first kappa shape index (κ1) is 15.9. The highest BCUT2D eigenvalue weighted by Gasteiger charge is 2.60. The molecule has 3 nitrogen and oxygen atoms in total. The van der Waals surface area contributed by atoms with E-state index >= 15 is 0 Å². The number of fused-ring (bicyclic) bond motifs is 1. The monoisotopic (exact) mass is 326 g/mol. The molecule has 2 aliphatic rings. The first-order chi connectivity index (χ1) is 11.8. The molecule has 128 valence electrons. The van der Waals surface area contributed by atoms with E-state index in [9.17, 15) is 0 Å². The van der Waals surface area contributed by atoms with E-state index in [1.807, 2.05) is 13.8 Å². The van der Waals surface area contributed by atoms with E-state index in [-0.39, 0.29) is 5.92 Å². The van der Waals surface area contributed by atoms with Crippen molar-refractivity contribution in [2.45, 2.75) is 57.7 Å². The molecule has 3 heteroatoms. The Balaban J connectivity index is 1.73. The summed E-state index contributed by atoms with van der Waals surface area (Å²) in [4.78, 5) is 0. The second-order valence-electron chi connectivity index (χ2n) is 6.76. The molecule has 0 bridgehead atoms. The van der Waals surface area contributed by atoms with Gasteiger partial charge in [0.25, 0.3) is 0 Å². The van der Waals surface area contributed by atoms with Crippen LogP contribution in [0.4, 0.5) is 0 Å². The third kappa shape index (κ3) is 2.60. The van der Waals surface area contributed by atoms with Crippen molar-refractivity contribution < 1.29 is 13.9 Å². The van der Waals surface area contributed by atoms with Gasteiger partial charge in [0.1, 0.15) is 11.5 Å². The zero-order valence-electron chi connectivity index (χ0n) is 14.6. The van der Waals surface area contributed by atoms with E-state index in [1.54, 1.807) is 0 Å². The summed E-state index contributed by atoms with van der Waals surface area (Å²) in [5.41, 5.74) is 4.02. The number of hydrogen-bond acceptors (Lipinski definition) is 3. The van der Waals surface area contributed by atoms with Gasteiger partial charge in [-0.1, -0.05) is 30.3 Å². The van der Waals surface area contributed by atoms with Crippen molar-refractivity contribution >= 4 is 0 Å². The van der Waals surface area contributed by atoms with E-state index in [2.05, 4.69) is 30.3 Å². The maximum atomic E-state index is 6.47. The fraction of sp³-hybridized carbons (Fsp3) is 0.524. The number of benzene rings is 1. The molecule has 0 aliphatic heterocycles. The van der Waals surface area contributed by atoms with Crippen molar-refractivity contribution in [2.24, 2.45) is 0 Å². The first-order valence-electron chi connectivity index (χ1n) is 9.27. The van der Waals surface area contributed by atoms with Crippen LogP contribution < -0.4 is 0 Å². The first-order valence-corrected chi connectivity index (χ1v) is 9.27. The lowest BCUT2D eigenvalue weighted by atomic mass is 9.90. The molecule has 4 rings (SSSR count). The normalized spacial score (nSPS) is 21.5. The highest BCUT2D eigenvalue weighted by atomic mass is 16.7. The fourth-order valence-corrected chi connectivity index (χ4v) is 4.13. The van der Waals surface area contributed by atoms with Crippen LogP contribution in [0, 0.1) is 0 Å². The number of furan rings is 1. The molecule has 1 saturated carbocycles. The summed E-state index contributed by atoms with van der Waals surface area (Å²) in [6.07, 6.45) is 5.63. The molecular weight excluding hydrogens is 300 g/mol. The predicted molar refractivity (Wildman–Crippen MR) is 94.1 cm³/mol. The van der Waals surface area contributed by atoms with Crippen LogP contribution in [0.3, 0.4) is 0 Å². The third-order valence-corrected chi connectivity index (χ3v) is 5.24. The minimum absolute atomic E-state index is 0.238. The molecule has 0 amide bonds. The molecular formula is C21H26O3. The molecule has 0 saturated heterocycles. The largest absolute Gasteiger partial charge is 0.460 e. The molecule has 0 spiro atoms. The maximum absolute atomic E-state index is 6.47. The lowest BCUT2D eigenvalue weighted by molar-refractivity contribution is -0.165. The topological polar surface area (TPSA) is 31.6 Å². The van der Waals surface area contributed by atoms with Crippen LogP contribution in [0.2, 0.25) is 0 Å². The Morgan fingerprint density at radius 2 is 1.67 bits per heavy atom. The Kier molecular flexibility index (Phi) is 4.23. The second-order valence-corrected chi connectivity index (χ2v) is 6.76. The van der Waals surface area contributed by atoms with E-state index in [0.717, 1.165) is 30.8 Å². The summed E-state index contributed by atoms with van der Waals surface area (Å²) in [7, 11) is 0. The van der Waals surface area contributed by atoms with Crippen molar-refractivity contribution in [1.29, 1.82) is 0 Å². The average Bonchev–Trinajstić information content (AvgIpc) is 3.17. The molecule has 1 aromatic carbocycles. The van der Waals surface area contributed by atoms with Gasteiger partial charge >= 0.3 is 0 Å². The van der Waals surface area contributed by atoms with Gasteiger partial charge in [0.05, 0.1) is 5.92 Å². The zero-order valence-corrected chi connectivity index (χ0v) is 14.6. The van der Waals surface area contributed by atoms with Crippen LogP contribution in [0.1, 0.15) is 55.9 Å². The van der Waals surface area contributed by atoms with Gasteiger partial charge in [-0.05, 0) is 45.1 Å². The van der Waals surface area contributed by atoms with E-state index < -0.39 is 5.79 Å². The highest BCUT2D eigenvalue weighted by molar-refractivity contribution is 5.65. The van der Waals surface area contributed by atoms with Crippen LogP contribution in [0.15, 0.2) is 34.7 Å². The number of rotatable bonds is 6. The van der Waals surface area contributed by atoms with Gasteiger partial charge in [-0.25, -0.2) is 0 Å². The minimum Gasteiger partial charge on any atom is -0.460 e. The van der Waals surface area contributed by atoms with Crippen molar-refractivity contribution in [1.82, 2.24) is 0 Å². The van der Waals surface area contributed by atoms with Crippen molar-refractivity contribution in [2.75, 3.05) is 13.2 Å². The number of hydrogen-bond donors (Lipinski definition) is 0. The van der Waals surface area contributed by atoms with Gasteiger partial charge in [-0.3, -0.25) is 0 Å². The smallest absolute Gasteiger partial charge is 0.179 e. The zero-order chi connectivity index (χ0) is 16.6. The highest BCUT2D eigenvalue weighted by Crippen LogP contribution is 2.58. The van der Waals surface area contributed by atoms with Gasteiger partial charge < -0.3 is 13.9 Å².